The molecule has 0 saturated heterocycles. The summed E-state index contributed by atoms with van der Waals surface area (Å²) in [5.74, 6) is 0.146. The summed E-state index contributed by atoms with van der Waals surface area (Å²) in [4.78, 5) is 2.71. The summed E-state index contributed by atoms with van der Waals surface area (Å²) < 4.78 is 6.08. The molecule has 0 aliphatic heterocycles. The third-order valence-electron chi connectivity index (χ3n) is 3.68. The summed E-state index contributed by atoms with van der Waals surface area (Å²) in [5, 5.41) is 13.0. The number of hydrogen-bond donors (Lipinski definition) is 1. The van der Waals surface area contributed by atoms with E-state index in [9.17, 15) is 5.11 Å². The van der Waals surface area contributed by atoms with Crippen molar-refractivity contribution in [2.24, 2.45) is 11.0 Å². The van der Waals surface area contributed by atoms with Gasteiger partial charge in [-0.25, -0.2) is 0 Å². The minimum atomic E-state index is -1.73. The topological polar surface area (TPSA) is 78.2 Å². The third kappa shape index (κ3) is 6.40. The quantitative estimate of drug-likeness (QED) is 0.240. The van der Waals surface area contributed by atoms with E-state index in [4.69, 9.17) is 9.96 Å². The molecule has 1 N–H and O–H groups in total. The normalized spacial score (nSPS) is 14.1. The third-order valence-corrected chi connectivity index (χ3v) is 8.18. The summed E-state index contributed by atoms with van der Waals surface area (Å²) in [5.41, 5.74) is 8.18. The second-order valence-electron chi connectivity index (χ2n) is 6.22. The number of aliphatic hydroxyl groups is 1. The molecule has 0 aromatic heterocycles. The Balaban J connectivity index is 4.11. The van der Waals surface area contributed by atoms with Crippen molar-refractivity contribution in [3.05, 3.63) is 10.4 Å². The van der Waals surface area contributed by atoms with Crippen LogP contribution in [0.2, 0.25) is 18.1 Å². The molecule has 0 saturated carbocycles. The first kappa shape index (κ1) is 17.4. The van der Waals surface area contributed by atoms with Gasteiger partial charge in [0.05, 0.1) is 0 Å². The van der Waals surface area contributed by atoms with Crippen molar-refractivity contribution in [3.63, 3.8) is 0 Å². The molecule has 0 heterocycles. The Morgan fingerprint density at radius 1 is 1.39 bits per heavy atom. The van der Waals surface area contributed by atoms with Gasteiger partial charge in [0, 0.05) is 30.6 Å². The van der Waals surface area contributed by atoms with E-state index in [1.807, 2.05) is 0 Å². The molecular formula is C12H27N3O2Si. The average Bonchev–Trinajstić information content (AvgIpc) is 2.26. The fraction of sp³-hybridized carbons (Fsp3) is 1.00. The molecule has 0 rings (SSSR count). The molecule has 0 radical (unpaired) electrons. The number of hydrogen-bond acceptors (Lipinski definition) is 3. The van der Waals surface area contributed by atoms with Crippen LogP contribution in [0, 0.1) is 5.92 Å². The van der Waals surface area contributed by atoms with Crippen LogP contribution in [0.1, 0.15) is 33.6 Å². The second-order valence-corrected chi connectivity index (χ2v) is 11.0. The predicted octanol–water partition coefficient (Wildman–Crippen LogP) is 3.71. The zero-order valence-corrected chi connectivity index (χ0v) is 13.3. The number of aliphatic hydroxyl groups excluding tert-OH is 1. The first-order valence-corrected chi connectivity index (χ1v) is 9.41. The Labute approximate surface area is 111 Å². The van der Waals surface area contributed by atoms with Crippen molar-refractivity contribution >= 4 is 8.32 Å². The van der Waals surface area contributed by atoms with E-state index in [2.05, 4.69) is 43.9 Å². The molecular weight excluding hydrogens is 246 g/mol. The van der Waals surface area contributed by atoms with Gasteiger partial charge in [0.25, 0.3) is 0 Å². The highest BCUT2D eigenvalue weighted by Crippen LogP contribution is 2.36. The van der Waals surface area contributed by atoms with E-state index in [1.54, 1.807) is 0 Å². The van der Waals surface area contributed by atoms with E-state index in [-0.39, 0.29) is 17.6 Å². The maximum Gasteiger partial charge on any atom is 0.191 e. The first-order valence-electron chi connectivity index (χ1n) is 6.50. The lowest BCUT2D eigenvalue weighted by Gasteiger charge is -2.37. The van der Waals surface area contributed by atoms with Crippen molar-refractivity contribution in [3.8, 4) is 0 Å². The average molecular weight is 273 g/mol. The highest BCUT2D eigenvalue weighted by Gasteiger charge is 2.37. The Kier molecular flexibility index (Phi) is 7.55. The van der Waals surface area contributed by atoms with Gasteiger partial charge in [0.2, 0.25) is 0 Å². The number of azide groups is 1. The van der Waals surface area contributed by atoms with E-state index in [1.165, 1.54) is 0 Å². The molecule has 0 spiro atoms. The Morgan fingerprint density at radius 3 is 2.44 bits per heavy atom. The fourth-order valence-electron chi connectivity index (χ4n) is 1.27. The standard InChI is InChI=1S/C12H27N3O2Si/c1-12(2,3)18(4,5)17-10-11(9-16)7-6-8-14-15-13/h11,16H,6-10H2,1-5H3/t11-/m0/s1. The van der Waals surface area contributed by atoms with Gasteiger partial charge < -0.3 is 9.53 Å². The molecule has 0 aromatic rings. The van der Waals surface area contributed by atoms with Gasteiger partial charge in [0.1, 0.15) is 0 Å². The minimum absolute atomic E-state index is 0.130. The van der Waals surface area contributed by atoms with E-state index in [0.717, 1.165) is 12.8 Å². The lowest BCUT2D eigenvalue weighted by molar-refractivity contribution is 0.146. The lowest BCUT2D eigenvalue weighted by Crippen LogP contribution is -2.42. The fourth-order valence-corrected chi connectivity index (χ4v) is 2.35. The molecule has 18 heavy (non-hydrogen) atoms. The highest BCUT2D eigenvalue weighted by atomic mass is 28.4. The van der Waals surface area contributed by atoms with Crippen LogP contribution in [0.25, 0.3) is 10.4 Å². The van der Waals surface area contributed by atoms with Gasteiger partial charge in [-0.1, -0.05) is 25.9 Å². The summed E-state index contributed by atoms with van der Waals surface area (Å²) in [6.45, 7) is 12.3. The van der Waals surface area contributed by atoms with Crippen LogP contribution in [0.15, 0.2) is 5.11 Å². The molecule has 6 heteroatoms. The van der Waals surface area contributed by atoms with Crippen molar-refractivity contribution in [2.75, 3.05) is 19.8 Å². The number of nitrogens with zero attached hydrogens (tertiary/aromatic N) is 3. The molecule has 1 atom stereocenters. The van der Waals surface area contributed by atoms with Gasteiger partial charge >= 0.3 is 0 Å². The van der Waals surface area contributed by atoms with Crippen LogP contribution in [0.4, 0.5) is 0 Å². The molecule has 0 fully saturated rings. The smallest absolute Gasteiger partial charge is 0.191 e. The van der Waals surface area contributed by atoms with E-state index in [0.29, 0.717) is 13.2 Å². The van der Waals surface area contributed by atoms with Crippen molar-refractivity contribution in [1.29, 1.82) is 0 Å². The predicted molar refractivity (Wildman–Crippen MR) is 77.0 cm³/mol. The molecule has 0 bridgehead atoms. The molecule has 0 aliphatic carbocycles. The van der Waals surface area contributed by atoms with Crippen LogP contribution < -0.4 is 0 Å². The molecule has 106 valence electrons. The molecule has 0 unspecified atom stereocenters. The molecule has 0 aromatic carbocycles. The number of rotatable bonds is 8. The summed E-state index contributed by atoms with van der Waals surface area (Å²) in [6.07, 6.45) is 1.64. The maximum absolute atomic E-state index is 9.31. The Bertz CT molecular complexity index is 284. The largest absolute Gasteiger partial charge is 0.416 e. The van der Waals surface area contributed by atoms with Crippen LogP contribution in [-0.2, 0) is 4.43 Å². The van der Waals surface area contributed by atoms with Crippen molar-refractivity contribution < 1.29 is 9.53 Å². The van der Waals surface area contributed by atoms with Gasteiger partial charge in [0.15, 0.2) is 8.32 Å². The van der Waals surface area contributed by atoms with E-state index >= 15 is 0 Å². The van der Waals surface area contributed by atoms with E-state index < -0.39 is 8.32 Å². The van der Waals surface area contributed by atoms with Crippen LogP contribution >= 0.6 is 0 Å². The first-order chi connectivity index (χ1) is 8.24. The monoisotopic (exact) mass is 273 g/mol. The van der Waals surface area contributed by atoms with Crippen molar-refractivity contribution in [1.82, 2.24) is 0 Å². The van der Waals surface area contributed by atoms with Gasteiger partial charge in [-0.2, -0.15) is 0 Å². The Morgan fingerprint density at radius 2 is 2.00 bits per heavy atom. The maximum atomic E-state index is 9.31. The SMILES string of the molecule is CC(C)(C)[Si](C)(C)OC[C@H](CO)CCCN=[N+]=[N-]. The van der Waals surface area contributed by atoms with Crippen molar-refractivity contribution in [2.45, 2.75) is 51.7 Å². The van der Waals surface area contributed by atoms with Crippen LogP contribution in [0.5, 0.6) is 0 Å². The minimum Gasteiger partial charge on any atom is -0.416 e. The zero-order chi connectivity index (χ0) is 14.2. The molecule has 0 aliphatic rings. The van der Waals surface area contributed by atoms with Crippen LogP contribution in [0.3, 0.4) is 0 Å². The summed E-state index contributed by atoms with van der Waals surface area (Å²) >= 11 is 0. The van der Waals surface area contributed by atoms with Gasteiger partial charge in [-0.15, -0.1) is 0 Å². The second kappa shape index (κ2) is 7.79. The van der Waals surface area contributed by atoms with Gasteiger partial charge in [-0.05, 0) is 36.5 Å². The van der Waals surface area contributed by atoms with Crippen LogP contribution in [-0.4, -0.2) is 33.2 Å². The molecule has 0 amide bonds. The lowest BCUT2D eigenvalue weighted by atomic mass is 10.1. The summed E-state index contributed by atoms with van der Waals surface area (Å²) in [7, 11) is -1.73. The zero-order valence-electron chi connectivity index (χ0n) is 12.3. The summed E-state index contributed by atoms with van der Waals surface area (Å²) in [6, 6.07) is 0. The molecule has 5 nitrogen and oxygen atoms in total. The Hall–Kier alpha value is -0.553. The highest BCUT2D eigenvalue weighted by molar-refractivity contribution is 6.74. The van der Waals surface area contributed by atoms with Gasteiger partial charge in [-0.3, -0.25) is 0 Å².